The standard InChI is InChI=1S/C15H25N/c16-14-1-3-15(4-2-14)12-6-10-5-11(8-12)9-13(15)7-10/h10-14H,1-9,16H2/p+1. The highest BCUT2D eigenvalue weighted by Gasteiger charge is 2.57. The van der Waals surface area contributed by atoms with Crippen molar-refractivity contribution in [2.75, 3.05) is 0 Å². The van der Waals surface area contributed by atoms with Crippen molar-refractivity contribution >= 4 is 0 Å². The van der Waals surface area contributed by atoms with Crippen LogP contribution in [0.3, 0.4) is 0 Å². The Morgan fingerprint density at radius 1 is 0.750 bits per heavy atom. The van der Waals surface area contributed by atoms with E-state index < -0.39 is 0 Å². The van der Waals surface area contributed by atoms with Crippen molar-refractivity contribution in [1.82, 2.24) is 0 Å². The Labute approximate surface area is 99.2 Å². The second-order valence-corrected chi connectivity index (χ2v) is 7.48. The first-order chi connectivity index (χ1) is 7.76. The molecule has 1 heteroatoms. The molecule has 0 atom stereocenters. The first kappa shape index (κ1) is 9.94. The summed E-state index contributed by atoms with van der Waals surface area (Å²) in [6.07, 6.45) is 14.0. The zero-order valence-corrected chi connectivity index (χ0v) is 10.5. The maximum atomic E-state index is 4.29. The highest BCUT2D eigenvalue weighted by molar-refractivity contribution is 5.07. The van der Waals surface area contributed by atoms with Crippen molar-refractivity contribution in [2.24, 2.45) is 29.1 Å². The van der Waals surface area contributed by atoms with Crippen LogP contribution < -0.4 is 5.73 Å². The van der Waals surface area contributed by atoms with Gasteiger partial charge in [0.2, 0.25) is 0 Å². The molecule has 0 aromatic rings. The maximum absolute atomic E-state index is 4.29. The van der Waals surface area contributed by atoms with Gasteiger partial charge in [0.1, 0.15) is 0 Å². The predicted molar refractivity (Wildman–Crippen MR) is 64.6 cm³/mol. The summed E-state index contributed by atoms with van der Waals surface area (Å²) in [6.45, 7) is 0. The molecule has 0 unspecified atom stereocenters. The lowest BCUT2D eigenvalue weighted by molar-refractivity contribution is -0.430. The Bertz CT molecular complexity index is 258. The van der Waals surface area contributed by atoms with E-state index in [4.69, 9.17) is 0 Å². The molecule has 16 heavy (non-hydrogen) atoms. The minimum Gasteiger partial charge on any atom is -0.355 e. The molecule has 0 saturated heterocycles. The Morgan fingerprint density at radius 2 is 1.25 bits per heavy atom. The molecule has 5 rings (SSSR count). The number of hydrogen-bond donors (Lipinski definition) is 1. The summed E-state index contributed by atoms with van der Waals surface area (Å²) in [7, 11) is 0. The van der Waals surface area contributed by atoms with Gasteiger partial charge in [0.05, 0.1) is 6.04 Å². The minimum absolute atomic E-state index is 0.780. The fraction of sp³-hybridized carbons (Fsp3) is 1.00. The van der Waals surface area contributed by atoms with E-state index in [1.54, 1.807) is 32.1 Å². The monoisotopic (exact) mass is 220 g/mol. The molecular formula is C15H26N+. The molecule has 0 amide bonds. The van der Waals surface area contributed by atoms with E-state index >= 15 is 0 Å². The summed E-state index contributed by atoms with van der Waals surface area (Å²) >= 11 is 0. The van der Waals surface area contributed by atoms with Crippen molar-refractivity contribution in [3.05, 3.63) is 0 Å². The van der Waals surface area contributed by atoms with Gasteiger partial charge < -0.3 is 5.73 Å². The molecule has 3 N–H and O–H groups in total. The normalized spacial score (nSPS) is 59.4. The van der Waals surface area contributed by atoms with E-state index in [1.807, 2.05) is 0 Å². The van der Waals surface area contributed by atoms with Crippen LogP contribution in [0.5, 0.6) is 0 Å². The van der Waals surface area contributed by atoms with Crippen LogP contribution in [0.15, 0.2) is 0 Å². The van der Waals surface area contributed by atoms with Gasteiger partial charge >= 0.3 is 0 Å². The average Bonchev–Trinajstić information content (AvgIpc) is 2.27. The SMILES string of the molecule is [NH3+]C1CCC2(CC1)C1CC3CC(C1)CC2C3. The van der Waals surface area contributed by atoms with Gasteiger partial charge in [-0.05, 0) is 86.9 Å². The van der Waals surface area contributed by atoms with E-state index in [0.717, 1.165) is 35.1 Å². The van der Waals surface area contributed by atoms with Crippen LogP contribution in [-0.2, 0) is 0 Å². The Hall–Kier alpha value is -0.0400. The molecule has 90 valence electrons. The van der Waals surface area contributed by atoms with Crippen LogP contribution in [0.25, 0.3) is 0 Å². The van der Waals surface area contributed by atoms with Crippen LogP contribution in [-0.4, -0.2) is 6.04 Å². The predicted octanol–water partition coefficient (Wildman–Crippen LogP) is 2.61. The summed E-state index contributed by atoms with van der Waals surface area (Å²) in [5, 5.41) is 0. The summed E-state index contributed by atoms with van der Waals surface area (Å²) < 4.78 is 0. The smallest absolute Gasteiger partial charge is 0.0844 e. The van der Waals surface area contributed by atoms with Crippen molar-refractivity contribution in [2.45, 2.75) is 63.8 Å². The molecule has 0 radical (unpaired) electrons. The first-order valence-corrected chi connectivity index (χ1v) is 7.59. The molecule has 1 nitrogen and oxygen atoms in total. The van der Waals surface area contributed by atoms with E-state index in [-0.39, 0.29) is 0 Å². The van der Waals surface area contributed by atoms with Crippen molar-refractivity contribution in [1.29, 1.82) is 0 Å². The zero-order valence-electron chi connectivity index (χ0n) is 10.5. The van der Waals surface area contributed by atoms with Crippen LogP contribution in [0.4, 0.5) is 0 Å². The van der Waals surface area contributed by atoms with Crippen LogP contribution in [0.1, 0.15) is 57.8 Å². The third-order valence-electron chi connectivity index (χ3n) is 6.80. The van der Waals surface area contributed by atoms with Gasteiger partial charge in [-0.25, -0.2) is 0 Å². The largest absolute Gasteiger partial charge is 0.355 e. The number of hydrogen-bond acceptors (Lipinski definition) is 0. The molecule has 5 saturated carbocycles. The topological polar surface area (TPSA) is 27.6 Å². The Kier molecular flexibility index (Phi) is 2.02. The second kappa shape index (κ2) is 3.25. The number of rotatable bonds is 0. The second-order valence-electron chi connectivity index (χ2n) is 7.48. The molecule has 1 spiro atoms. The van der Waals surface area contributed by atoms with Crippen LogP contribution in [0.2, 0.25) is 0 Å². The maximum Gasteiger partial charge on any atom is 0.0844 e. The third-order valence-corrected chi connectivity index (χ3v) is 6.80. The molecule has 4 bridgehead atoms. The van der Waals surface area contributed by atoms with Gasteiger partial charge in [0, 0.05) is 0 Å². The lowest BCUT2D eigenvalue weighted by Gasteiger charge is -2.63. The van der Waals surface area contributed by atoms with E-state index in [2.05, 4.69) is 5.73 Å². The third kappa shape index (κ3) is 1.21. The Balaban J connectivity index is 1.64. The summed E-state index contributed by atoms with van der Waals surface area (Å²) in [5.41, 5.74) is 5.11. The van der Waals surface area contributed by atoms with Gasteiger partial charge in [-0.15, -0.1) is 0 Å². The fourth-order valence-corrected chi connectivity index (χ4v) is 6.15. The Morgan fingerprint density at radius 3 is 1.75 bits per heavy atom. The van der Waals surface area contributed by atoms with Crippen LogP contribution in [0, 0.1) is 29.1 Å². The van der Waals surface area contributed by atoms with Gasteiger partial charge in [0.25, 0.3) is 0 Å². The van der Waals surface area contributed by atoms with Crippen molar-refractivity contribution in [3.8, 4) is 0 Å². The van der Waals surface area contributed by atoms with E-state index in [9.17, 15) is 0 Å². The highest BCUT2D eigenvalue weighted by Crippen LogP contribution is 2.66. The molecule has 0 aromatic heterocycles. The molecule has 5 aliphatic rings. The molecular weight excluding hydrogens is 194 g/mol. The van der Waals surface area contributed by atoms with E-state index in [0.29, 0.717) is 0 Å². The lowest BCUT2D eigenvalue weighted by atomic mass is 9.42. The van der Waals surface area contributed by atoms with Crippen molar-refractivity contribution < 1.29 is 5.73 Å². The number of quaternary nitrogens is 1. The zero-order chi connectivity index (χ0) is 10.8. The average molecular weight is 220 g/mol. The quantitative estimate of drug-likeness (QED) is 0.650. The molecule has 0 aromatic carbocycles. The molecule has 0 heterocycles. The minimum atomic E-state index is 0.780. The van der Waals surface area contributed by atoms with Gasteiger partial charge in [0.15, 0.2) is 0 Å². The molecule has 5 fully saturated rings. The first-order valence-electron chi connectivity index (χ1n) is 7.59. The summed E-state index contributed by atoms with van der Waals surface area (Å²) in [6, 6.07) is 0.780. The van der Waals surface area contributed by atoms with Crippen LogP contribution >= 0.6 is 0 Å². The van der Waals surface area contributed by atoms with E-state index in [1.165, 1.54) is 25.7 Å². The molecule has 5 aliphatic carbocycles. The highest BCUT2D eigenvalue weighted by atomic mass is 14.7. The van der Waals surface area contributed by atoms with Gasteiger partial charge in [-0.2, -0.15) is 0 Å². The fourth-order valence-electron chi connectivity index (χ4n) is 6.15. The van der Waals surface area contributed by atoms with Crippen molar-refractivity contribution in [3.63, 3.8) is 0 Å². The summed E-state index contributed by atoms with van der Waals surface area (Å²) in [5.74, 6) is 4.56. The summed E-state index contributed by atoms with van der Waals surface area (Å²) in [4.78, 5) is 0. The molecule has 0 aliphatic heterocycles. The van der Waals surface area contributed by atoms with Gasteiger partial charge in [-0.1, -0.05) is 0 Å². The van der Waals surface area contributed by atoms with Gasteiger partial charge in [-0.3, -0.25) is 0 Å². The lowest BCUT2D eigenvalue weighted by Crippen LogP contribution is -2.64.